The van der Waals surface area contributed by atoms with Gasteiger partial charge in [-0.2, -0.15) is 0 Å². The van der Waals surface area contributed by atoms with Crippen molar-refractivity contribution in [2.45, 2.75) is 0 Å². The summed E-state index contributed by atoms with van der Waals surface area (Å²) in [4.78, 5) is 4.19. The Morgan fingerprint density at radius 2 is 2.08 bits per heavy atom. The fourth-order valence-corrected chi connectivity index (χ4v) is 2.12. The molecule has 0 saturated carbocycles. The second-order valence-corrected chi connectivity index (χ2v) is 4.02. The minimum atomic E-state index is 0.640. The highest BCUT2D eigenvalue weighted by Crippen LogP contribution is 2.27. The molecule has 2 aromatic rings. The van der Waals surface area contributed by atoms with Crippen molar-refractivity contribution in [3.63, 3.8) is 0 Å². The Hall–Kier alpha value is -0.800. The summed E-state index contributed by atoms with van der Waals surface area (Å²) in [6.45, 7) is 0. The molecule has 2 rings (SSSR count). The SMILES string of the molecule is Nc1cnc2c(Br)cc(Cl)cc2c1. The zero-order chi connectivity index (χ0) is 9.42. The van der Waals surface area contributed by atoms with Crippen molar-refractivity contribution in [3.8, 4) is 0 Å². The topological polar surface area (TPSA) is 38.9 Å². The third-order valence-electron chi connectivity index (χ3n) is 1.72. The molecule has 0 unspecified atom stereocenters. The molecule has 13 heavy (non-hydrogen) atoms. The number of pyridine rings is 1. The molecule has 2 N–H and O–H groups in total. The highest BCUT2D eigenvalue weighted by atomic mass is 79.9. The average Bonchev–Trinajstić information content (AvgIpc) is 2.02. The van der Waals surface area contributed by atoms with Gasteiger partial charge in [0.2, 0.25) is 0 Å². The molecular weight excluding hydrogens is 251 g/mol. The van der Waals surface area contributed by atoms with Crippen LogP contribution in [0.2, 0.25) is 5.02 Å². The van der Waals surface area contributed by atoms with E-state index in [1.165, 1.54) is 0 Å². The number of rotatable bonds is 0. The van der Waals surface area contributed by atoms with Gasteiger partial charge in [0.05, 0.1) is 17.4 Å². The molecule has 0 saturated heterocycles. The molecule has 0 atom stereocenters. The Labute approximate surface area is 88.8 Å². The number of fused-ring (bicyclic) bond motifs is 1. The molecule has 4 heteroatoms. The van der Waals surface area contributed by atoms with Crippen molar-refractivity contribution < 1.29 is 0 Å². The summed E-state index contributed by atoms with van der Waals surface area (Å²) in [5, 5.41) is 1.62. The van der Waals surface area contributed by atoms with E-state index in [2.05, 4.69) is 20.9 Å². The second-order valence-electron chi connectivity index (χ2n) is 2.73. The van der Waals surface area contributed by atoms with Crippen LogP contribution in [0.4, 0.5) is 5.69 Å². The van der Waals surface area contributed by atoms with E-state index >= 15 is 0 Å². The van der Waals surface area contributed by atoms with Gasteiger partial charge in [-0.1, -0.05) is 11.6 Å². The number of benzene rings is 1. The molecule has 1 aromatic heterocycles. The zero-order valence-electron chi connectivity index (χ0n) is 6.59. The monoisotopic (exact) mass is 256 g/mol. The van der Waals surface area contributed by atoms with E-state index in [-0.39, 0.29) is 0 Å². The molecule has 66 valence electrons. The molecule has 0 fully saturated rings. The highest BCUT2D eigenvalue weighted by molar-refractivity contribution is 9.10. The second kappa shape index (κ2) is 3.16. The number of aromatic nitrogens is 1. The maximum absolute atomic E-state index is 5.88. The Kier molecular flexibility index (Phi) is 2.14. The van der Waals surface area contributed by atoms with E-state index in [4.69, 9.17) is 17.3 Å². The van der Waals surface area contributed by atoms with E-state index in [0.717, 1.165) is 15.4 Å². The lowest BCUT2D eigenvalue weighted by molar-refractivity contribution is 1.40. The van der Waals surface area contributed by atoms with Crippen LogP contribution in [0.1, 0.15) is 0 Å². The molecule has 1 aromatic carbocycles. The minimum Gasteiger partial charge on any atom is -0.397 e. The molecule has 0 spiro atoms. The molecule has 0 bridgehead atoms. The van der Waals surface area contributed by atoms with Crippen LogP contribution in [-0.2, 0) is 0 Å². The molecule has 2 nitrogen and oxygen atoms in total. The van der Waals surface area contributed by atoms with Gasteiger partial charge in [0, 0.05) is 14.9 Å². The lowest BCUT2D eigenvalue weighted by Crippen LogP contribution is -1.87. The Balaban J connectivity index is 2.86. The van der Waals surface area contributed by atoms with Crippen LogP contribution >= 0.6 is 27.5 Å². The predicted molar refractivity (Wildman–Crippen MR) is 58.9 cm³/mol. The van der Waals surface area contributed by atoms with E-state index in [1.54, 1.807) is 6.20 Å². The van der Waals surface area contributed by atoms with Gasteiger partial charge in [-0.05, 0) is 34.1 Å². The molecule has 0 radical (unpaired) electrons. The molecule has 0 aliphatic rings. The number of halogens is 2. The fraction of sp³-hybridized carbons (Fsp3) is 0. The maximum Gasteiger partial charge on any atom is 0.0846 e. The molecule has 0 aliphatic carbocycles. The smallest absolute Gasteiger partial charge is 0.0846 e. The Morgan fingerprint density at radius 1 is 1.31 bits per heavy atom. The summed E-state index contributed by atoms with van der Waals surface area (Å²) in [6, 6.07) is 5.50. The summed E-state index contributed by atoms with van der Waals surface area (Å²) < 4.78 is 0.884. The third-order valence-corrected chi connectivity index (χ3v) is 2.55. The first-order chi connectivity index (χ1) is 6.16. The quantitative estimate of drug-likeness (QED) is 0.787. The van der Waals surface area contributed by atoms with Crippen molar-refractivity contribution in [1.29, 1.82) is 0 Å². The van der Waals surface area contributed by atoms with Gasteiger partial charge in [-0.15, -0.1) is 0 Å². The largest absolute Gasteiger partial charge is 0.397 e. The van der Waals surface area contributed by atoms with Crippen LogP contribution in [0.25, 0.3) is 10.9 Å². The molecule has 0 amide bonds. The van der Waals surface area contributed by atoms with Gasteiger partial charge in [0.15, 0.2) is 0 Å². The van der Waals surface area contributed by atoms with Crippen molar-refractivity contribution in [2.24, 2.45) is 0 Å². The van der Waals surface area contributed by atoms with Crippen LogP contribution in [-0.4, -0.2) is 4.98 Å². The standard InChI is InChI=1S/C9H6BrClN2/c10-8-3-6(11)1-5-2-7(12)4-13-9(5)8/h1-4H,12H2. The maximum atomic E-state index is 5.88. The molecule has 1 heterocycles. The number of nitrogens with zero attached hydrogens (tertiary/aromatic N) is 1. The number of hydrogen-bond donors (Lipinski definition) is 1. The van der Waals surface area contributed by atoms with Gasteiger partial charge < -0.3 is 5.73 Å². The van der Waals surface area contributed by atoms with E-state index in [0.29, 0.717) is 10.7 Å². The van der Waals surface area contributed by atoms with Crippen LogP contribution in [0.3, 0.4) is 0 Å². The third kappa shape index (κ3) is 1.62. The lowest BCUT2D eigenvalue weighted by Gasteiger charge is -2.01. The number of anilines is 1. The van der Waals surface area contributed by atoms with Gasteiger partial charge in [0.1, 0.15) is 0 Å². The first kappa shape index (κ1) is 8.78. The minimum absolute atomic E-state index is 0.640. The van der Waals surface area contributed by atoms with Crippen LogP contribution in [0, 0.1) is 0 Å². The van der Waals surface area contributed by atoms with E-state index < -0.39 is 0 Å². The number of nitrogens with two attached hydrogens (primary N) is 1. The predicted octanol–water partition coefficient (Wildman–Crippen LogP) is 3.23. The molecule has 0 aliphatic heterocycles. The van der Waals surface area contributed by atoms with E-state index in [1.807, 2.05) is 18.2 Å². The summed E-state index contributed by atoms with van der Waals surface area (Å²) in [6.07, 6.45) is 1.63. The fourth-order valence-electron chi connectivity index (χ4n) is 1.19. The van der Waals surface area contributed by atoms with Gasteiger partial charge in [0.25, 0.3) is 0 Å². The number of hydrogen-bond acceptors (Lipinski definition) is 2. The van der Waals surface area contributed by atoms with Crippen LogP contribution in [0.5, 0.6) is 0 Å². The Bertz CT molecular complexity index is 465. The summed E-state index contributed by atoms with van der Waals surface area (Å²) in [5.41, 5.74) is 7.12. The number of nitrogen functional groups attached to an aromatic ring is 1. The average molecular weight is 258 g/mol. The van der Waals surface area contributed by atoms with Crippen LogP contribution < -0.4 is 5.73 Å². The van der Waals surface area contributed by atoms with Gasteiger partial charge >= 0.3 is 0 Å². The van der Waals surface area contributed by atoms with Crippen molar-refractivity contribution in [1.82, 2.24) is 4.98 Å². The molecular formula is C9H6BrClN2. The van der Waals surface area contributed by atoms with Crippen molar-refractivity contribution in [3.05, 3.63) is 33.9 Å². The van der Waals surface area contributed by atoms with E-state index in [9.17, 15) is 0 Å². The van der Waals surface area contributed by atoms with Crippen LogP contribution in [0.15, 0.2) is 28.9 Å². The van der Waals surface area contributed by atoms with Gasteiger partial charge in [-0.25, -0.2) is 0 Å². The Morgan fingerprint density at radius 3 is 2.85 bits per heavy atom. The summed E-state index contributed by atoms with van der Waals surface area (Å²) >= 11 is 9.26. The summed E-state index contributed by atoms with van der Waals surface area (Å²) in [7, 11) is 0. The summed E-state index contributed by atoms with van der Waals surface area (Å²) in [5.74, 6) is 0. The first-order valence-electron chi connectivity index (χ1n) is 3.67. The van der Waals surface area contributed by atoms with Crippen molar-refractivity contribution >= 4 is 44.1 Å². The lowest BCUT2D eigenvalue weighted by atomic mass is 10.2. The van der Waals surface area contributed by atoms with Crippen molar-refractivity contribution in [2.75, 3.05) is 5.73 Å². The normalized spacial score (nSPS) is 10.6. The highest BCUT2D eigenvalue weighted by Gasteiger charge is 2.01. The van der Waals surface area contributed by atoms with Gasteiger partial charge in [-0.3, -0.25) is 4.98 Å². The zero-order valence-corrected chi connectivity index (χ0v) is 8.93. The first-order valence-corrected chi connectivity index (χ1v) is 4.84.